The lowest BCUT2D eigenvalue weighted by Gasteiger charge is -2.20. The van der Waals surface area contributed by atoms with Crippen LogP contribution in [-0.4, -0.2) is 33.0 Å². The third-order valence-electron chi connectivity index (χ3n) is 3.30. The maximum atomic E-state index is 11.5. The fourth-order valence-electron chi connectivity index (χ4n) is 2.32. The van der Waals surface area contributed by atoms with Crippen LogP contribution in [0.2, 0.25) is 0 Å². The molecule has 1 aliphatic rings. The van der Waals surface area contributed by atoms with E-state index in [1.807, 2.05) is 17.0 Å². The Morgan fingerprint density at radius 3 is 3.00 bits per heavy atom. The van der Waals surface area contributed by atoms with Crippen LogP contribution >= 0.6 is 0 Å². The second kappa shape index (κ2) is 4.42. The molecule has 0 bridgehead atoms. The summed E-state index contributed by atoms with van der Waals surface area (Å²) in [5.74, 6) is -0.412. The molecule has 0 atom stereocenters. The number of carbonyl (C=O) groups is 1. The van der Waals surface area contributed by atoms with Gasteiger partial charge in [-0.15, -0.1) is 6.58 Å². The fourth-order valence-corrected chi connectivity index (χ4v) is 2.32. The lowest BCUT2D eigenvalue weighted by atomic mass is 10.3. The first kappa shape index (κ1) is 11.8. The van der Waals surface area contributed by atoms with E-state index >= 15 is 0 Å². The smallest absolute Gasteiger partial charge is 0.356 e. The highest BCUT2D eigenvalue weighted by atomic mass is 16.4. The Labute approximate surface area is 110 Å². The number of fused-ring (bicyclic) bond motifs is 1. The number of anilines is 1. The van der Waals surface area contributed by atoms with Crippen LogP contribution in [0.4, 0.5) is 5.82 Å². The van der Waals surface area contributed by atoms with Crippen molar-refractivity contribution in [1.29, 1.82) is 0 Å². The molecule has 0 aliphatic heterocycles. The minimum atomic E-state index is -0.955. The number of rotatable bonds is 5. The Kier molecular flexibility index (Phi) is 2.74. The summed E-state index contributed by atoms with van der Waals surface area (Å²) in [5.41, 5.74) is 0.883. The molecule has 5 nitrogen and oxygen atoms in total. The third kappa shape index (κ3) is 1.97. The maximum absolute atomic E-state index is 11.5. The molecule has 0 radical (unpaired) electrons. The number of hydrogen-bond donors (Lipinski definition) is 1. The van der Waals surface area contributed by atoms with Crippen molar-refractivity contribution in [1.82, 2.24) is 9.38 Å². The van der Waals surface area contributed by atoms with Crippen LogP contribution in [0, 0.1) is 0 Å². The van der Waals surface area contributed by atoms with Crippen molar-refractivity contribution in [3.63, 3.8) is 0 Å². The second-order valence-electron chi connectivity index (χ2n) is 4.69. The molecule has 1 aliphatic carbocycles. The minimum Gasteiger partial charge on any atom is -0.476 e. The summed E-state index contributed by atoms with van der Waals surface area (Å²) < 4.78 is 1.62. The normalized spacial score (nSPS) is 14.5. The zero-order chi connectivity index (χ0) is 13.4. The lowest BCUT2D eigenvalue weighted by molar-refractivity contribution is 0.0690. The molecule has 98 valence electrons. The molecular formula is C14H15N3O2. The van der Waals surface area contributed by atoms with E-state index < -0.39 is 5.97 Å². The van der Waals surface area contributed by atoms with Gasteiger partial charge < -0.3 is 10.0 Å². The summed E-state index contributed by atoms with van der Waals surface area (Å²) in [6.45, 7) is 4.36. The predicted molar refractivity (Wildman–Crippen MR) is 72.7 cm³/mol. The number of pyridine rings is 1. The largest absolute Gasteiger partial charge is 0.476 e. The van der Waals surface area contributed by atoms with Crippen molar-refractivity contribution in [3.05, 3.63) is 42.7 Å². The van der Waals surface area contributed by atoms with Crippen molar-refractivity contribution in [3.8, 4) is 0 Å². The highest BCUT2D eigenvalue weighted by Gasteiger charge is 2.33. The first-order valence-corrected chi connectivity index (χ1v) is 6.30. The van der Waals surface area contributed by atoms with Gasteiger partial charge in [-0.1, -0.05) is 12.1 Å². The molecule has 2 heterocycles. The molecule has 19 heavy (non-hydrogen) atoms. The molecule has 2 aromatic heterocycles. The first-order valence-electron chi connectivity index (χ1n) is 6.30. The summed E-state index contributed by atoms with van der Waals surface area (Å²) in [4.78, 5) is 18.0. The van der Waals surface area contributed by atoms with Crippen molar-refractivity contribution < 1.29 is 9.90 Å². The maximum Gasteiger partial charge on any atom is 0.356 e. The fraction of sp³-hybridized carbons (Fsp3) is 0.286. The van der Waals surface area contributed by atoms with Crippen LogP contribution in [0.5, 0.6) is 0 Å². The Bertz CT molecular complexity index is 643. The Balaban J connectivity index is 2.18. The number of carboxylic acid groups (broad SMARTS) is 1. The molecule has 1 saturated carbocycles. The van der Waals surface area contributed by atoms with Gasteiger partial charge in [0.25, 0.3) is 0 Å². The molecule has 1 N–H and O–H groups in total. The summed E-state index contributed by atoms with van der Waals surface area (Å²) in [6.07, 6.45) is 5.68. The number of aromatic nitrogens is 2. The van der Waals surface area contributed by atoms with Crippen molar-refractivity contribution in [2.45, 2.75) is 18.9 Å². The SMILES string of the molecule is C=CCN(c1nc2ccccn2c1C(=O)O)C1CC1. The van der Waals surface area contributed by atoms with Gasteiger partial charge in [-0.05, 0) is 25.0 Å². The van der Waals surface area contributed by atoms with Crippen molar-refractivity contribution in [2.75, 3.05) is 11.4 Å². The summed E-state index contributed by atoms with van der Waals surface area (Å²) in [5, 5.41) is 9.46. The van der Waals surface area contributed by atoms with E-state index in [0.29, 0.717) is 24.1 Å². The zero-order valence-corrected chi connectivity index (χ0v) is 10.5. The van der Waals surface area contributed by atoms with Crippen molar-refractivity contribution in [2.24, 2.45) is 0 Å². The average Bonchev–Trinajstić information content (AvgIpc) is 3.14. The molecule has 3 rings (SSSR count). The van der Waals surface area contributed by atoms with Gasteiger partial charge in [-0.3, -0.25) is 4.40 Å². The van der Waals surface area contributed by atoms with Crippen LogP contribution < -0.4 is 4.90 Å². The highest BCUT2D eigenvalue weighted by Crippen LogP contribution is 2.33. The zero-order valence-electron chi connectivity index (χ0n) is 10.5. The number of imidazole rings is 1. The highest BCUT2D eigenvalue weighted by molar-refractivity contribution is 5.93. The topological polar surface area (TPSA) is 57.8 Å². The van der Waals surface area contributed by atoms with E-state index in [1.165, 1.54) is 0 Å². The summed E-state index contributed by atoms with van der Waals surface area (Å²) in [7, 11) is 0. The minimum absolute atomic E-state index is 0.226. The van der Waals surface area contributed by atoms with E-state index in [9.17, 15) is 9.90 Å². The molecule has 0 amide bonds. The number of carboxylic acids is 1. The first-order chi connectivity index (χ1) is 9.22. The van der Waals surface area contributed by atoms with E-state index in [-0.39, 0.29) is 5.69 Å². The van der Waals surface area contributed by atoms with E-state index in [4.69, 9.17) is 0 Å². The van der Waals surface area contributed by atoms with Gasteiger partial charge in [-0.25, -0.2) is 9.78 Å². The molecule has 2 aromatic rings. The van der Waals surface area contributed by atoms with Gasteiger partial charge in [0, 0.05) is 18.8 Å². The van der Waals surface area contributed by atoms with Gasteiger partial charge in [0.1, 0.15) is 5.65 Å². The van der Waals surface area contributed by atoms with Crippen LogP contribution in [-0.2, 0) is 0 Å². The number of nitrogens with zero attached hydrogens (tertiary/aromatic N) is 3. The Hall–Kier alpha value is -2.30. The summed E-state index contributed by atoms with van der Waals surface area (Å²) in [6, 6.07) is 5.86. The molecule has 5 heteroatoms. The van der Waals surface area contributed by atoms with Gasteiger partial charge in [0.05, 0.1) is 0 Å². The molecule has 0 unspecified atom stereocenters. The summed E-state index contributed by atoms with van der Waals surface area (Å²) >= 11 is 0. The van der Waals surface area contributed by atoms with Gasteiger partial charge in [0.15, 0.2) is 11.5 Å². The average molecular weight is 257 g/mol. The number of aromatic carboxylic acids is 1. The molecular weight excluding hydrogens is 242 g/mol. The number of hydrogen-bond acceptors (Lipinski definition) is 3. The van der Waals surface area contributed by atoms with Crippen LogP contribution in [0.15, 0.2) is 37.1 Å². The monoisotopic (exact) mass is 257 g/mol. The van der Waals surface area contributed by atoms with Gasteiger partial charge >= 0.3 is 5.97 Å². The molecule has 0 saturated heterocycles. The van der Waals surface area contributed by atoms with E-state index in [1.54, 1.807) is 22.7 Å². The van der Waals surface area contributed by atoms with E-state index in [0.717, 1.165) is 12.8 Å². The second-order valence-corrected chi connectivity index (χ2v) is 4.69. The lowest BCUT2D eigenvalue weighted by Crippen LogP contribution is -2.27. The van der Waals surface area contributed by atoms with Crippen LogP contribution in [0.3, 0.4) is 0 Å². The van der Waals surface area contributed by atoms with Crippen LogP contribution in [0.1, 0.15) is 23.3 Å². The quantitative estimate of drug-likeness (QED) is 0.834. The molecule has 1 fully saturated rings. The van der Waals surface area contributed by atoms with Gasteiger partial charge in [0.2, 0.25) is 0 Å². The van der Waals surface area contributed by atoms with Gasteiger partial charge in [-0.2, -0.15) is 0 Å². The Morgan fingerprint density at radius 2 is 2.37 bits per heavy atom. The standard InChI is InChI=1S/C14H15N3O2/c1-2-8-16(10-6-7-10)13-12(14(18)19)17-9-4-3-5-11(17)15-13/h2-5,9-10H,1,6-8H2,(H,18,19). The molecule has 0 spiro atoms. The molecule has 0 aromatic carbocycles. The predicted octanol–water partition coefficient (Wildman–Crippen LogP) is 2.19. The third-order valence-corrected chi connectivity index (χ3v) is 3.30. The van der Waals surface area contributed by atoms with Crippen molar-refractivity contribution >= 4 is 17.4 Å². The van der Waals surface area contributed by atoms with Crippen LogP contribution in [0.25, 0.3) is 5.65 Å². The Morgan fingerprint density at radius 1 is 1.58 bits per heavy atom. The van der Waals surface area contributed by atoms with E-state index in [2.05, 4.69) is 11.6 Å².